The van der Waals surface area contributed by atoms with Gasteiger partial charge in [-0.05, 0) is 18.1 Å². The van der Waals surface area contributed by atoms with Gasteiger partial charge in [-0.25, -0.2) is 4.79 Å². The van der Waals surface area contributed by atoms with Gasteiger partial charge in [-0.1, -0.05) is 12.1 Å². The predicted molar refractivity (Wildman–Crippen MR) is 99.5 cm³/mol. The van der Waals surface area contributed by atoms with Gasteiger partial charge in [0, 0.05) is 56.9 Å². The summed E-state index contributed by atoms with van der Waals surface area (Å²) in [7, 11) is 1.95. The normalized spacial score (nSPS) is 26.2. The zero-order valence-electron chi connectivity index (χ0n) is 15.5. The van der Waals surface area contributed by atoms with E-state index in [1.165, 1.54) is 5.56 Å². The van der Waals surface area contributed by atoms with Crippen LogP contribution >= 0.6 is 0 Å². The highest BCUT2D eigenvalue weighted by Gasteiger charge is 2.40. The number of likely N-dealkylation sites (tertiary alicyclic amines) is 2. The average molecular weight is 368 g/mol. The molecule has 0 N–H and O–H groups in total. The third-order valence-electron chi connectivity index (χ3n) is 6.28. The van der Waals surface area contributed by atoms with Crippen LogP contribution in [0, 0.1) is 5.92 Å². The van der Waals surface area contributed by atoms with Crippen LogP contribution in [0.4, 0.5) is 4.79 Å². The van der Waals surface area contributed by atoms with Crippen molar-refractivity contribution in [3.05, 3.63) is 30.0 Å². The fourth-order valence-electron chi connectivity index (χ4n) is 4.61. The zero-order valence-corrected chi connectivity index (χ0v) is 15.5. The van der Waals surface area contributed by atoms with E-state index in [9.17, 15) is 9.59 Å². The van der Waals surface area contributed by atoms with Crippen molar-refractivity contribution in [1.82, 2.24) is 19.6 Å². The molecule has 5 rings (SSSR count). The largest absolute Gasteiger partial charge is 0.370 e. The number of aryl methyl sites for hydroxylation is 1. The summed E-state index contributed by atoms with van der Waals surface area (Å²) in [5, 5.41) is 5.43. The first-order valence-electron chi connectivity index (χ1n) is 9.67. The fraction of sp³-hybridized carbons (Fsp3) is 0.550. The first kappa shape index (κ1) is 16.7. The molecule has 7 nitrogen and oxygen atoms in total. The SMILES string of the molecule is Cn1ncc2ccc(C3CN(C(=O)N4CC[C@@H]5OCC(=O)C[C@@H]5C4)C3)cc21. The Bertz CT molecular complexity index is 902. The molecule has 4 heterocycles. The molecule has 3 fully saturated rings. The van der Waals surface area contributed by atoms with E-state index in [1.54, 1.807) is 0 Å². The lowest BCUT2D eigenvalue weighted by Gasteiger charge is -2.46. The molecule has 0 spiro atoms. The van der Waals surface area contributed by atoms with E-state index in [-0.39, 0.29) is 30.4 Å². The number of carbonyl (C=O) groups is 2. The molecule has 0 bridgehead atoms. The molecule has 0 aliphatic carbocycles. The van der Waals surface area contributed by atoms with E-state index in [2.05, 4.69) is 23.3 Å². The molecule has 2 aromatic rings. The highest BCUT2D eigenvalue weighted by atomic mass is 16.5. The second-order valence-corrected chi connectivity index (χ2v) is 8.06. The number of ketones is 1. The van der Waals surface area contributed by atoms with Gasteiger partial charge in [0.05, 0.1) is 17.8 Å². The third-order valence-corrected chi connectivity index (χ3v) is 6.28. The number of ether oxygens (including phenoxy) is 1. The lowest BCUT2D eigenvalue weighted by molar-refractivity contribution is -0.140. The van der Waals surface area contributed by atoms with Gasteiger partial charge in [-0.3, -0.25) is 9.48 Å². The van der Waals surface area contributed by atoms with Crippen molar-refractivity contribution in [2.45, 2.75) is 24.9 Å². The van der Waals surface area contributed by atoms with E-state index in [1.807, 2.05) is 27.7 Å². The molecule has 0 radical (unpaired) electrons. The van der Waals surface area contributed by atoms with Gasteiger partial charge in [0.15, 0.2) is 5.78 Å². The maximum atomic E-state index is 12.9. The van der Waals surface area contributed by atoms with Crippen LogP contribution < -0.4 is 0 Å². The quantitative estimate of drug-likeness (QED) is 0.769. The Morgan fingerprint density at radius 1 is 1.22 bits per heavy atom. The number of aromatic nitrogens is 2. The molecule has 27 heavy (non-hydrogen) atoms. The average Bonchev–Trinajstić information content (AvgIpc) is 3.00. The summed E-state index contributed by atoms with van der Waals surface area (Å²) in [6.45, 7) is 3.10. The number of piperidine rings is 1. The third kappa shape index (κ3) is 2.90. The van der Waals surface area contributed by atoms with Crippen molar-refractivity contribution < 1.29 is 14.3 Å². The molecule has 3 saturated heterocycles. The molecule has 0 unspecified atom stereocenters. The minimum absolute atomic E-state index is 0.101. The number of urea groups is 1. The number of fused-ring (bicyclic) bond motifs is 2. The van der Waals surface area contributed by atoms with E-state index in [4.69, 9.17) is 4.74 Å². The van der Waals surface area contributed by atoms with Crippen molar-refractivity contribution >= 4 is 22.7 Å². The number of hydrogen-bond acceptors (Lipinski definition) is 4. The van der Waals surface area contributed by atoms with E-state index in [0.29, 0.717) is 18.9 Å². The van der Waals surface area contributed by atoms with Crippen LogP contribution in [0.25, 0.3) is 10.9 Å². The smallest absolute Gasteiger partial charge is 0.320 e. The summed E-state index contributed by atoms with van der Waals surface area (Å²) in [4.78, 5) is 28.3. The van der Waals surface area contributed by atoms with Crippen LogP contribution in [-0.4, -0.2) is 70.3 Å². The van der Waals surface area contributed by atoms with E-state index >= 15 is 0 Å². The van der Waals surface area contributed by atoms with Gasteiger partial charge < -0.3 is 14.5 Å². The molecule has 0 saturated carbocycles. The van der Waals surface area contributed by atoms with Crippen molar-refractivity contribution in [3.63, 3.8) is 0 Å². The summed E-state index contributed by atoms with van der Waals surface area (Å²) in [6, 6.07) is 6.54. The lowest BCUT2D eigenvalue weighted by atomic mass is 9.87. The molecular formula is C20H24N4O3. The first-order valence-corrected chi connectivity index (χ1v) is 9.67. The summed E-state index contributed by atoms with van der Waals surface area (Å²) in [5.74, 6) is 0.693. The Hall–Kier alpha value is -2.41. The minimum atomic E-state index is 0.101. The molecular weight excluding hydrogens is 344 g/mol. The van der Waals surface area contributed by atoms with Gasteiger partial charge in [0.1, 0.15) is 6.61 Å². The van der Waals surface area contributed by atoms with Gasteiger partial charge in [-0.2, -0.15) is 5.10 Å². The van der Waals surface area contributed by atoms with Crippen molar-refractivity contribution in [3.8, 4) is 0 Å². The van der Waals surface area contributed by atoms with Gasteiger partial charge >= 0.3 is 6.03 Å². The van der Waals surface area contributed by atoms with Crippen LogP contribution in [0.1, 0.15) is 24.3 Å². The summed E-state index contributed by atoms with van der Waals surface area (Å²) >= 11 is 0. The lowest BCUT2D eigenvalue weighted by Crippen LogP contribution is -2.58. The minimum Gasteiger partial charge on any atom is -0.370 e. The monoisotopic (exact) mass is 368 g/mol. The Kier molecular flexibility index (Phi) is 3.93. The molecule has 2 amide bonds. The molecule has 3 aliphatic heterocycles. The molecule has 2 atom stereocenters. The van der Waals surface area contributed by atoms with Gasteiger partial charge in [-0.15, -0.1) is 0 Å². The number of rotatable bonds is 1. The molecule has 1 aromatic heterocycles. The number of carbonyl (C=O) groups excluding carboxylic acids is 2. The first-order chi connectivity index (χ1) is 13.1. The molecule has 3 aliphatic rings. The van der Waals surface area contributed by atoms with Crippen molar-refractivity contribution in [2.75, 3.05) is 32.8 Å². The van der Waals surface area contributed by atoms with Crippen LogP contribution in [0.15, 0.2) is 24.4 Å². The van der Waals surface area contributed by atoms with Crippen LogP contribution in [0.3, 0.4) is 0 Å². The maximum absolute atomic E-state index is 12.9. The van der Waals surface area contributed by atoms with E-state index in [0.717, 1.165) is 37.0 Å². The number of nitrogens with zero attached hydrogens (tertiary/aromatic N) is 4. The Morgan fingerprint density at radius 3 is 2.93 bits per heavy atom. The second-order valence-electron chi connectivity index (χ2n) is 8.06. The van der Waals surface area contributed by atoms with Crippen molar-refractivity contribution in [2.24, 2.45) is 13.0 Å². The molecule has 142 valence electrons. The van der Waals surface area contributed by atoms with Gasteiger partial charge in [0.25, 0.3) is 0 Å². The van der Waals surface area contributed by atoms with E-state index < -0.39 is 0 Å². The number of Topliss-reactive ketones (excluding diaryl/α,β-unsaturated/α-hetero) is 1. The second kappa shape index (κ2) is 6.34. The van der Waals surface area contributed by atoms with Crippen LogP contribution in [0.2, 0.25) is 0 Å². The number of amides is 2. The Balaban J connectivity index is 1.21. The zero-order chi connectivity index (χ0) is 18.5. The fourth-order valence-corrected chi connectivity index (χ4v) is 4.61. The maximum Gasteiger partial charge on any atom is 0.320 e. The Morgan fingerprint density at radius 2 is 2.07 bits per heavy atom. The van der Waals surface area contributed by atoms with Crippen molar-refractivity contribution in [1.29, 1.82) is 0 Å². The molecule has 7 heteroatoms. The molecule has 1 aromatic carbocycles. The highest BCUT2D eigenvalue weighted by Crippen LogP contribution is 2.32. The summed E-state index contributed by atoms with van der Waals surface area (Å²) in [6.07, 6.45) is 3.39. The standard InChI is InChI=1S/C20H24N4O3/c1-22-18-7-13(2-3-14(18)8-21-22)16-10-24(11-16)20(26)23-5-4-19-15(9-23)6-17(25)12-27-19/h2-3,7-8,15-16,19H,4-6,9-12H2,1H3/t15-,19+/m1/s1. The topological polar surface area (TPSA) is 67.7 Å². The van der Waals surface area contributed by atoms with Crippen LogP contribution in [-0.2, 0) is 16.6 Å². The highest BCUT2D eigenvalue weighted by molar-refractivity contribution is 5.81. The number of benzene rings is 1. The van der Waals surface area contributed by atoms with Crippen LogP contribution in [0.5, 0.6) is 0 Å². The summed E-state index contributed by atoms with van der Waals surface area (Å²) < 4.78 is 7.51. The van der Waals surface area contributed by atoms with Gasteiger partial charge in [0.2, 0.25) is 0 Å². The predicted octanol–water partition coefficient (Wildman–Crippen LogP) is 1.77. The summed E-state index contributed by atoms with van der Waals surface area (Å²) in [5.41, 5.74) is 2.39. The Labute approximate surface area is 157 Å². The number of hydrogen-bond donors (Lipinski definition) is 0.